The van der Waals surface area contributed by atoms with Gasteiger partial charge in [-0.3, -0.25) is 4.79 Å². The SMILES string of the molecule is CNS(=O)(=O)c1ccc(-c2nc3ccc(C(N)=O)cc3[nH]2)c(OC)c1. The van der Waals surface area contributed by atoms with Crippen molar-refractivity contribution in [2.45, 2.75) is 4.90 Å². The first-order valence-corrected chi connectivity index (χ1v) is 8.75. The molecule has 0 unspecified atom stereocenters. The van der Waals surface area contributed by atoms with Crippen LogP contribution in [0.15, 0.2) is 41.3 Å². The zero-order chi connectivity index (χ0) is 18.2. The number of nitrogens with one attached hydrogen (secondary N) is 2. The smallest absolute Gasteiger partial charge is 0.248 e. The lowest BCUT2D eigenvalue weighted by Crippen LogP contribution is -2.18. The molecule has 8 nitrogen and oxygen atoms in total. The number of nitrogens with zero attached hydrogens (tertiary/aromatic N) is 1. The van der Waals surface area contributed by atoms with Crippen LogP contribution < -0.4 is 15.2 Å². The maximum atomic E-state index is 11.9. The summed E-state index contributed by atoms with van der Waals surface area (Å²) < 4.78 is 31.4. The number of benzene rings is 2. The number of hydrogen-bond acceptors (Lipinski definition) is 5. The molecule has 0 radical (unpaired) electrons. The molecule has 2 aromatic carbocycles. The molecule has 0 spiro atoms. The molecule has 25 heavy (non-hydrogen) atoms. The third-order valence-corrected chi connectivity index (χ3v) is 5.19. The highest BCUT2D eigenvalue weighted by atomic mass is 32.2. The zero-order valence-corrected chi connectivity index (χ0v) is 14.3. The Labute approximate surface area is 144 Å². The van der Waals surface area contributed by atoms with Crippen LogP contribution in [0.25, 0.3) is 22.4 Å². The van der Waals surface area contributed by atoms with E-state index in [1.807, 2.05) is 0 Å². The van der Waals surface area contributed by atoms with Gasteiger partial charge in [-0.05, 0) is 37.4 Å². The van der Waals surface area contributed by atoms with Crippen molar-refractivity contribution in [1.82, 2.24) is 14.7 Å². The van der Waals surface area contributed by atoms with E-state index in [0.717, 1.165) is 0 Å². The zero-order valence-electron chi connectivity index (χ0n) is 13.5. The van der Waals surface area contributed by atoms with Crippen LogP contribution in [0.5, 0.6) is 5.75 Å². The minimum atomic E-state index is -3.58. The highest BCUT2D eigenvalue weighted by molar-refractivity contribution is 7.89. The number of nitrogens with two attached hydrogens (primary N) is 1. The topological polar surface area (TPSA) is 127 Å². The Morgan fingerprint density at radius 3 is 2.64 bits per heavy atom. The molecule has 0 aliphatic heterocycles. The first-order valence-electron chi connectivity index (χ1n) is 7.27. The summed E-state index contributed by atoms with van der Waals surface area (Å²) in [6, 6.07) is 9.38. The fraction of sp³-hybridized carbons (Fsp3) is 0.125. The van der Waals surface area contributed by atoms with Gasteiger partial charge >= 0.3 is 0 Å². The second-order valence-electron chi connectivity index (χ2n) is 5.25. The van der Waals surface area contributed by atoms with Gasteiger partial charge in [0, 0.05) is 11.6 Å². The summed E-state index contributed by atoms with van der Waals surface area (Å²) in [5.74, 6) is 0.310. The van der Waals surface area contributed by atoms with Gasteiger partial charge in [0.1, 0.15) is 11.6 Å². The van der Waals surface area contributed by atoms with Gasteiger partial charge in [0.2, 0.25) is 15.9 Å². The van der Waals surface area contributed by atoms with Crippen molar-refractivity contribution in [3.63, 3.8) is 0 Å². The molecule has 1 amide bonds. The average molecular weight is 360 g/mol. The summed E-state index contributed by atoms with van der Waals surface area (Å²) in [5.41, 5.74) is 7.53. The van der Waals surface area contributed by atoms with E-state index in [0.29, 0.717) is 33.7 Å². The molecule has 9 heteroatoms. The highest BCUT2D eigenvalue weighted by Gasteiger charge is 2.17. The molecule has 1 heterocycles. The van der Waals surface area contributed by atoms with Gasteiger partial charge in [-0.25, -0.2) is 18.1 Å². The number of ether oxygens (including phenoxy) is 1. The summed E-state index contributed by atoms with van der Waals surface area (Å²) >= 11 is 0. The Hall–Kier alpha value is -2.91. The van der Waals surface area contributed by atoms with Crippen molar-refractivity contribution in [1.29, 1.82) is 0 Å². The fourth-order valence-corrected chi connectivity index (χ4v) is 3.19. The van der Waals surface area contributed by atoms with Crippen LogP contribution in [0, 0.1) is 0 Å². The van der Waals surface area contributed by atoms with E-state index in [1.54, 1.807) is 24.3 Å². The molecule has 0 saturated carbocycles. The number of primary amides is 1. The highest BCUT2D eigenvalue weighted by Crippen LogP contribution is 2.31. The summed E-state index contributed by atoms with van der Waals surface area (Å²) in [7, 11) is -0.796. The molecular weight excluding hydrogens is 344 g/mol. The van der Waals surface area contributed by atoms with Crippen molar-refractivity contribution >= 4 is 27.0 Å². The number of fused-ring (bicyclic) bond motifs is 1. The summed E-state index contributed by atoms with van der Waals surface area (Å²) in [4.78, 5) is 18.9. The van der Waals surface area contributed by atoms with E-state index in [1.165, 1.54) is 26.3 Å². The average Bonchev–Trinajstić information content (AvgIpc) is 3.03. The van der Waals surface area contributed by atoms with Crippen LogP contribution in [0.2, 0.25) is 0 Å². The predicted molar refractivity (Wildman–Crippen MR) is 92.8 cm³/mol. The van der Waals surface area contributed by atoms with Gasteiger partial charge in [-0.15, -0.1) is 0 Å². The van der Waals surface area contributed by atoms with E-state index in [2.05, 4.69) is 14.7 Å². The van der Waals surface area contributed by atoms with Gasteiger partial charge in [-0.2, -0.15) is 0 Å². The van der Waals surface area contributed by atoms with Crippen LogP contribution >= 0.6 is 0 Å². The second-order valence-corrected chi connectivity index (χ2v) is 7.14. The number of H-pyrrole nitrogens is 1. The number of carbonyl (C=O) groups is 1. The van der Waals surface area contributed by atoms with Gasteiger partial charge in [0.15, 0.2) is 0 Å². The van der Waals surface area contributed by atoms with Crippen LogP contribution in [0.3, 0.4) is 0 Å². The number of carbonyl (C=O) groups excluding carboxylic acids is 1. The first kappa shape index (κ1) is 16.9. The van der Waals surface area contributed by atoms with Gasteiger partial charge in [0.05, 0.1) is 28.6 Å². The van der Waals surface area contributed by atoms with Crippen LogP contribution in [0.1, 0.15) is 10.4 Å². The number of methoxy groups -OCH3 is 1. The van der Waals surface area contributed by atoms with Crippen molar-refractivity contribution in [2.75, 3.05) is 14.2 Å². The third kappa shape index (κ3) is 3.06. The van der Waals surface area contributed by atoms with Crippen molar-refractivity contribution in [3.8, 4) is 17.1 Å². The fourth-order valence-electron chi connectivity index (χ4n) is 2.44. The van der Waals surface area contributed by atoms with Gasteiger partial charge in [-0.1, -0.05) is 0 Å². The van der Waals surface area contributed by atoms with E-state index >= 15 is 0 Å². The van der Waals surface area contributed by atoms with E-state index in [9.17, 15) is 13.2 Å². The van der Waals surface area contributed by atoms with E-state index in [4.69, 9.17) is 10.5 Å². The van der Waals surface area contributed by atoms with Gasteiger partial charge in [0.25, 0.3) is 0 Å². The predicted octanol–water partition coefficient (Wildman–Crippen LogP) is 1.25. The third-order valence-electron chi connectivity index (χ3n) is 3.77. The van der Waals surface area contributed by atoms with Crippen LogP contribution in [-0.4, -0.2) is 38.5 Å². The molecule has 0 aliphatic carbocycles. The number of amides is 1. The summed E-state index contributed by atoms with van der Waals surface area (Å²) in [6.07, 6.45) is 0. The van der Waals surface area contributed by atoms with Crippen molar-refractivity contribution in [2.24, 2.45) is 5.73 Å². The lowest BCUT2D eigenvalue weighted by atomic mass is 10.2. The van der Waals surface area contributed by atoms with Crippen LogP contribution in [-0.2, 0) is 10.0 Å². The molecule has 0 fully saturated rings. The quantitative estimate of drug-likeness (QED) is 0.631. The standard InChI is InChI=1S/C16H16N4O4S/c1-18-25(22,23)10-4-5-11(14(8-10)24-2)16-19-12-6-3-9(15(17)21)7-13(12)20-16/h3-8,18H,1-2H3,(H2,17,21)(H,19,20). The molecule has 130 valence electrons. The molecule has 4 N–H and O–H groups in total. The minimum Gasteiger partial charge on any atom is -0.496 e. The van der Waals surface area contributed by atoms with E-state index < -0.39 is 15.9 Å². The van der Waals surface area contributed by atoms with E-state index in [-0.39, 0.29) is 4.90 Å². The maximum absolute atomic E-state index is 11.9. The summed E-state index contributed by atoms with van der Waals surface area (Å²) in [5, 5.41) is 0. The Bertz CT molecular complexity index is 1070. The lowest BCUT2D eigenvalue weighted by molar-refractivity contribution is 0.100. The lowest BCUT2D eigenvalue weighted by Gasteiger charge is -2.09. The molecule has 0 aliphatic rings. The number of sulfonamides is 1. The number of rotatable bonds is 5. The molecule has 0 saturated heterocycles. The molecule has 0 atom stereocenters. The summed E-state index contributed by atoms with van der Waals surface area (Å²) in [6.45, 7) is 0. The minimum absolute atomic E-state index is 0.0859. The monoisotopic (exact) mass is 360 g/mol. The Morgan fingerprint density at radius 1 is 1.24 bits per heavy atom. The number of aromatic nitrogens is 2. The first-order chi connectivity index (χ1) is 11.9. The molecular formula is C16H16N4O4S. The Kier molecular flexibility index (Phi) is 4.19. The maximum Gasteiger partial charge on any atom is 0.248 e. The molecule has 0 bridgehead atoms. The Balaban J connectivity index is 2.12. The van der Waals surface area contributed by atoms with Crippen molar-refractivity contribution in [3.05, 3.63) is 42.0 Å². The molecule has 1 aromatic heterocycles. The number of aromatic amines is 1. The number of imidazole rings is 1. The van der Waals surface area contributed by atoms with Gasteiger partial charge < -0.3 is 15.5 Å². The number of hydrogen-bond donors (Lipinski definition) is 3. The normalized spacial score (nSPS) is 11.6. The van der Waals surface area contributed by atoms with Crippen molar-refractivity contribution < 1.29 is 17.9 Å². The second kappa shape index (κ2) is 6.19. The Morgan fingerprint density at radius 2 is 2.00 bits per heavy atom. The molecule has 3 aromatic rings. The molecule has 3 rings (SSSR count). The van der Waals surface area contributed by atoms with Crippen LogP contribution in [0.4, 0.5) is 0 Å². The largest absolute Gasteiger partial charge is 0.496 e.